The maximum atomic E-state index is 6.41. The molecular formula is C22H24N2O. The molecule has 1 saturated carbocycles. The number of aromatic nitrogens is 1. The molecule has 1 aliphatic heterocycles. The van der Waals surface area contributed by atoms with Crippen molar-refractivity contribution in [1.29, 1.82) is 0 Å². The van der Waals surface area contributed by atoms with Crippen molar-refractivity contribution in [2.75, 3.05) is 4.90 Å². The Morgan fingerprint density at radius 3 is 2.68 bits per heavy atom. The molecule has 128 valence electrons. The molecule has 3 heteroatoms. The Morgan fingerprint density at radius 2 is 1.88 bits per heavy atom. The van der Waals surface area contributed by atoms with Gasteiger partial charge in [-0.2, -0.15) is 0 Å². The first-order valence-electron chi connectivity index (χ1n) is 9.45. The average molecular weight is 332 g/mol. The van der Waals surface area contributed by atoms with E-state index in [0.717, 1.165) is 5.71 Å². The lowest BCUT2D eigenvalue weighted by molar-refractivity contribution is 0.247. The first kappa shape index (κ1) is 15.0. The van der Waals surface area contributed by atoms with E-state index >= 15 is 0 Å². The second kappa shape index (κ2) is 5.35. The first-order valence-corrected chi connectivity index (χ1v) is 9.45. The zero-order valence-corrected chi connectivity index (χ0v) is 15.0. The number of benzene rings is 1. The lowest BCUT2D eigenvalue weighted by Gasteiger charge is -2.45. The van der Waals surface area contributed by atoms with Gasteiger partial charge >= 0.3 is 0 Å². The van der Waals surface area contributed by atoms with Crippen LogP contribution in [0.2, 0.25) is 0 Å². The molecule has 1 spiro atoms. The second-order valence-corrected chi connectivity index (χ2v) is 7.63. The largest absolute Gasteiger partial charge is 0.440 e. The van der Waals surface area contributed by atoms with Crippen LogP contribution in [0.25, 0.3) is 11.1 Å². The van der Waals surface area contributed by atoms with Crippen LogP contribution >= 0.6 is 0 Å². The average Bonchev–Trinajstić information content (AvgIpc) is 3.13. The minimum atomic E-state index is -0.0141. The second-order valence-electron chi connectivity index (χ2n) is 7.63. The monoisotopic (exact) mass is 332 g/mol. The molecule has 0 amide bonds. The molecule has 1 aliphatic carbocycles. The Balaban J connectivity index is 1.78. The molecule has 25 heavy (non-hydrogen) atoms. The summed E-state index contributed by atoms with van der Waals surface area (Å²) in [5.74, 6) is 1.18. The number of para-hydroxylation sites is 1. The van der Waals surface area contributed by atoms with Crippen molar-refractivity contribution in [2.45, 2.75) is 57.5 Å². The van der Waals surface area contributed by atoms with Crippen LogP contribution in [0.1, 0.15) is 62.0 Å². The Labute approximate surface area is 148 Å². The number of pyridine rings is 1. The van der Waals surface area contributed by atoms with E-state index in [1.165, 1.54) is 60.1 Å². The molecule has 1 aromatic carbocycles. The lowest BCUT2D eigenvalue weighted by atomic mass is 9.79. The van der Waals surface area contributed by atoms with Crippen LogP contribution in [0.5, 0.6) is 0 Å². The number of aryl methyl sites for hydroxylation is 1. The predicted octanol–water partition coefficient (Wildman–Crippen LogP) is 5.88. The van der Waals surface area contributed by atoms with E-state index in [1.807, 2.05) is 12.3 Å². The summed E-state index contributed by atoms with van der Waals surface area (Å²) in [6.07, 6.45) is 8.01. The first-order chi connectivity index (χ1) is 12.2. The lowest BCUT2D eigenvalue weighted by Crippen LogP contribution is -2.44. The highest BCUT2D eigenvalue weighted by Crippen LogP contribution is 2.57. The topological polar surface area (TPSA) is 29.3 Å². The number of furan rings is 1. The molecule has 3 aromatic rings. The molecule has 2 aliphatic rings. The summed E-state index contributed by atoms with van der Waals surface area (Å²) in [7, 11) is 0. The SMILES string of the molecule is Cc1ccccc1N1[C@@H](C)c2c(oc3ncccc23)C12CCCCC2. The molecule has 0 N–H and O–H groups in total. The molecular weight excluding hydrogens is 308 g/mol. The number of hydrogen-bond acceptors (Lipinski definition) is 3. The van der Waals surface area contributed by atoms with Crippen LogP contribution in [0.4, 0.5) is 5.69 Å². The van der Waals surface area contributed by atoms with Crippen LogP contribution in [0.3, 0.4) is 0 Å². The highest BCUT2D eigenvalue weighted by molar-refractivity contribution is 5.83. The van der Waals surface area contributed by atoms with Gasteiger partial charge in [-0.3, -0.25) is 0 Å². The molecule has 3 heterocycles. The van der Waals surface area contributed by atoms with Crippen molar-refractivity contribution in [3.63, 3.8) is 0 Å². The molecule has 0 bridgehead atoms. The summed E-state index contributed by atoms with van der Waals surface area (Å²) in [6, 6.07) is 13.3. The van der Waals surface area contributed by atoms with Gasteiger partial charge in [-0.25, -0.2) is 4.98 Å². The van der Waals surface area contributed by atoms with E-state index in [0.29, 0.717) is 6.04 Å². The van der Waals surface area contributed by atoms with Gasteiger partial charge in [-0.15, -0.1) is 0 Å². The van der Waals surface area contributed by atoms with Crippen molar-refractivity contribution >= 4 is 16.8 Å². The fourth-order valence-electron chi connectivity index (χ4n) is 5.20. The quantitative estimate of drug-likeness (QED) is 0.557. The molecule has 1 fully saturated rings. The normalized spacial score (nSPS) is 21.8. The van der Waals surface area contributed by atoms with Crippen molar-refractivity contribution in [1.82, 2.24) is 4.98 Å². The van der Waals surface area contributed by atoms with Gasteiger partial charge < -0.3 is 9.32 Å². The Morgan fingerprint density at radius 1 is 1.08 bits per heavy atom. The third-order valence-corrected chi connectivity index (χ3v) is 6.25. The highest BCUT2D eigenvalue weighted by atomic mass is 16.3. The standard InChI is InChI=1S/C22H24N2O/c1-15-9-4-5-11-18(15)24-16(2)19-17-10-8-14-23-21(17)25-20(19)22(24)12-6-3-7-13-22/h4-5,8-11,14,16H,3,6-7,12-13H2,1-2H3/t16-/m0/s1. The van der Waals surface area contributed by atoms with Gasteiger partial charge in [0.2, 0.25) is 5.71 Å². The van der Waals surface area contributed by atoms with Crippen molar-refractivity contribution in [3.8, 4) is 0 Å². The Kier molecular flexibility index (Phi) is 3.21. The van der Waals surface area contributed by atoms with E-state index in [9.17, 15) is 0 Å². The number of anilines is 1. The number of fused-ring (bicyclic) bond motifs is 4. The fraction of sp³-hybridized carbons (Fsp3) is 0.409. The zero-order valence-electron chi connectivity index (χ0n) is 15.0. The number of hydrogen-bond donors (Lipinski definition) is 0. The van der Waals surface area contributed by atoms with E-state index in [4.69, 9.17) is 4.42 Å². The third kappa shape index (κ3) is 1.95. The van der Waals surface area contributed by atoms with Crippen molar-refractivity contribution < 1.29 is 4.42 Å². The van der Waals surface area contributed by atoms with Gasteiger partial charge in [0.1, 0.15) is 5.76 Å². The number of rotatable bonds is 1. The minimum absolute atomic E-state index is 0.0141. The Hall–Kier alpha value is -2.29. The molecule has 3 nitrogen and oxygen atoms in total. The van der Waals surface area contributed by atoms with Gasteiger partial charge in [0.05, 0.1) is 11.6 Å². The minimum Gasteiger partial charge on any atom is -0.440 e. The fourth-order valence-corrected chi connectivity index (χ4v) is 5.20. The van der Waals surface area contributed by atoms with Gasteiger partial charge in [0.15, 0.2) is 0 Å². The van der Waals surface area contributed by atoms with Gasteiger partial charge in [-0.05, 0) is 50.5 Å². The van der Waals surface area contributed by atoms with Gasteiger partial charge in [0.25, 0.3) is 0 Å². The van der Waals surface area contributed by atoms with Crippen LogP contribution < -0.4 is 4.90 Å². The van der Waals surface area contributed by atoms with Crippen molar-refractivity contribution in [3.05, 3.63) is 59.5 Å². The maximum Gasteiger partial charge on any atom is 0.226 e. The van der Waals surface area contributed by atoms with Gasteiger partial charge in [0, 0.05) is 22.8 Å². The van der Waals surface area contributed by atoms with E-state index < -0.39 is 0 Å². The summed E-state index contributed by atoms with van der Waals surface area (Å²) in [4.78, 5) is 7.14. The smallest absolute Gasteiger partial charge is 0.226 e. The van der Waals surface area contributed by atoms with E-state index in [1.54, 1.807) is 0 Å². The summed E-state index contributed by atoms with van der Waals surface area (Å²) < 4.78 is 6.41. The maximum absolute atomic E-state index is 6.41. The third-order valence-electron chi connectivity index (χ3n) is 6.25. The predicted molar refractivity (Wildman–Crippen MR) is 101 cm³/mol. The van der Waals surface area contributed by atoms with Crippen molar-refractivity contribution in [2.24, 2.45) is 0 Å². The molecule has 0 radical (unpaired) electrons. The van der Waals surface area contributed by atoms with Crippen LogP contribution in [-0.2, 0) is 5.54 Å². The molecule has 0 saturated heterocycles. The summed E-state index contributed by atoms with van der Waals surface area (Å²) in [5, 5.41) is 1.19. The molecule has 0 unspecified atom stereocenters. The number of nitrogens with zero attached hydrogens (tertiary/aromatic N) is 2. The zero-order chi connectivity index (χ0) is 17.0. The molecule has 1 atom stereocenters. The van der Waals surface area contributed by atoms with Crippen LogP contribution in [0, 0.1) is 6.92 Å². The van der Waals surface area contributed by atoms with E-state index in [-0.39, 0.29) is 5.54 Å². The summed E-state index contributed by atoms with van der Waals surface area (Å²) in [5.41, 5.74) is 4.83. The summed E-state index contributed by atoms with van der Waals surface area (Å²) in [6.45, 7) is 4.55. The Bertz CT molecular complexity index is 936. The van der Waals surface area contributed by atoms with Crippen LogP contribution in [0.15, 0.2) is 47.0 Å². The molecule has 5 rings (SSSR count). The summed E-state index contributed by atoms with van der Waals surface area (Å²) >= 11 is 0. The molecule has 2 aromatic heterocycles. The van der Waals surface area contributed by atoms with Gasteiger partial charge in [-0.1, -0.05) is 37.5 Å². The van der Waals surface area contributed by atoms with E-state index in [2.05, 4.69) is 54.1 Å². The highest BCUT2D eigenvalue weighted by Gasteiger charge is 2.53. The van der Waals surface area contributed by atoms with Crippen LogP contribution in [-0.4, -0.2) is 4.98 Å².